The molecule has 1 N–H and O–H groups in total. The maximum absolute atomic E-state index is 11.9. The Balaban J connectivity index is 2.38. The van der Waals surface area contributed by atoms with Crippen LogP contribution in [0.2, 0.25) is 0 Å². The molecule has 0 aromatic carbocycles. The Bertz CT molecular complexity index is 192. The first-order valence-electron chi connectivity index (χ1n) is 4.93. The molecule has 14 heavy (non-hydrogen) atoms. The van der Waals surface area contributed by atoms with E-state index in [1.165, 1.54) is 12.5 Å². The Hall–Kier alpha value is -0.510. The van der Waals surface area contributed by atoms with Crippen LogP contribution in [0.4, 0.5) is 13.2 Å². The van der Waals surface area contributed by atoms with Crippen molar-refractivity contribution in [3.05, 3.63) is 12.2 Å². The van der Waals surface area contributed by atoms with Crippen molar-refractivity contribution in [2.75, 3.05) is 0 Å². The molecule has 1 fully saturated rings. The summed E-state index contributed by atoms with van der Waals surface area (Å²) in [5.41, 5.74) is 0. The first-order valence-corrected chi connectivity index (χ1v) is 4.93. The molecule has 0 amide bonds. The molecule has 0 saturated heterocycles. The van der Waals surface area contributed by atoms with E-state index < -0.39 is 12.3 Å². The number of rotatable bonds is 2. The van der Waals surface area contributed by atoms with Gasteiger partial charge in [0, 0.05) is 0 Å². The third-order valence-corrected chi connectivity index (χ3v) is 2.55. The van der Waals surface area contributed by atoms with Crippen LogP contribution in [-0.2, 0) is 0 Å². The SMILES string of the molecule is OC(/C=C/C1CCCCC1)C(F)(F)F. The quantitative estimate of drug-likeness (QED) is 0.691. The lowest BCUT2D eigenvalue weighted by Crippen LogP contribution is -2.26. The lowest BCUT2D eigenvalue weighted by Gasteiger charge is -2.18. The van der Waals surface area contributed by atoms with E-state index in [4.69, 9.17) is 5.11 Å². The largest absolute Gasteiger partial charge is 0.417 e. The van der Waals surface area contributed by atoms with E-state index in [0.717, 1.165) is 31.8 Å². The third-order valence-electron chi connectivity index (χ3n) is 2.55. The monoisotopic (exact) mass is 208 g/mol. The van der Waals surface area contributed by atoms with Crippen LogP contribution in [0.1, 0.15) is 32.1 Å². The van der Waals surface area contributed by atoms with Crippen LogP contribution in [0.25, 0.3) is 0 Å². The summed E-state index contributed by atoms with van der Waals surface area (Å²) in [4.78, 5) is 0. The normalized spacial score (nSPS) is 22.9. The highest BCUT2D eigenvalue weighted by molar-refractivity contribution is 4.96. The fourth-order valence-electron chi connectivity index (χ4n) is 1.70. The van der Waals surface area contributed by atoms with Crippen molar-refractivity contribution in [3.8, 4) is 0 Å². The summed E-state index contributed by atoms with van der Waals surface area (Å²) in [7, 11) is 0. The molecule has 1 nitrogen and oxygen atoms in total. The maximum atomic E-state index is 11.9. The zero-order chi connectivity index (χ0) is 10.6. The van der Waals surface area contributed by atoms with Gasteiger partial charge in [0.15, 0.2) is 6.10 Å². The Morgan fingerprint density at radius 1 is 1.14 bits per heavy atom. The second-order valence-corrected chi connectivity index (χ2v) is 3.77. The van der Waals surface area contributed by atoms with Gasteiger partial charge in [-0.3, -0.25) is 0 Å². The standard InChI is InChI=1S/C10H15F3O/c11-10(12,13)9(14)7-6-8-4-2-1-3-5-8/h6-9,14H,1-5H2/b7-6+. The van der Waals surface area contributed by atoms with Gasteiger partial charge in [0.2, 0.25) is 0 Å². The van der Waals surface area contributed by atoms with E-state index in [0.29, 0.717) is 0 Å². The number of halogens is 3. The predicted octanol–water partition coefficient (Wildman–Crippen LogP) is 3.05. The summed E-state index contributed by atoms with van der Waals surface area (Å²) in [6.07, 6.45) is 0.783. The van der Waals surface area contributed by atoms with Crippen molar-refractivity contribution in [2.24, 2.45) is 5.92 Å². The maximum Gasteiger partial charge on any atom is 0.417 e. The van der Waals surface area contributed by atoms with Gasteiger partial charge in [0.05, 0.1) is 0 Å². The summed E-state index contributed by atoms with van der Waals surface area (Å²) in [6, 6.07) is 0. The first kappa shape index (κ1) is 11.6. The number of hydrogen-bond acceptors (Lipinski definition) is 1. The van der Waals surface area contributed by atoms with Gasteiger partial charge in [-0.1, -0.05) is 31.4 Å². The highest BCUT2D eigenvalue weighted by Crippen LogP contribution is 2.26. The van der Waals surface area contributed by atoms with Crippen molar-refractivity contribution in [3.63, 3.8) is 0 Å². The van der Waals surface area contributed by atoms with E-state index >= 15 is 0 Å². The molecule has 4 heteroatoms. The lowest BCUT2D eigenvalue weighted by atomic mass is 9.89. The molecule has 1 rings (SSSR count). The zero-order valence-electron chi connectivity index (χ0n) is 7.93. The molecule has 0 heterocycles. The van der Waals surface area contributed by atoms with Crippen LogP contribution in [-0.4, -0.2) is 17.4 Å². The number of alkyl halides is 3. The molecule has 0 radical (unpaired) electrons. The van der Waals surface area contributed by atoms with Gasteiger partial charge in [-0.25, -0.2) is 0 Å². The van der Waals surface area contributed by atoms with Gasteiger partial charge in [0.25, 0.3) is 0 Å². The Labute approximate surface area is 81.6 Å². The van der Waals surface area contributed by atoms with E-state index in [1.807, 2.05) is 0 Å². The van der Waals surface area contributed by atoms with Crippen LogP contribution in [0.3, 0.4) is 0 Å². The van der Waals surface area contributed by atoms with Gasteiger partial charge in [-0.15, -0.1) is 0 Å². The number of hydrogen-bond donors (Lipinski definition) is 1. The minimum Gasteiger partial charge on any atom is -0.380 e. The lowest BCUT2D eigenvalue weighted by molar-refractivity contribution is -0.187. The molecule has 1 aliphatic carbocycles. The van der Waals surface area contributed by atoms with Crippen LogP contribution >= 0.6 is 0 Å². The molecule has 1 saturated carbocycles. The van der Waals surface area contributed by atoms with Crippen molar-refractivity contribution in [1.82, 2.24) is 0 Å². The molecule has 1 aliphatic rings. The summed E-state index contributed by atoms with van der Waals surface area (Å²) >= 11 is 0. The molecule has 82 valence electrons. The Morgan fingerprint density at radius 3 is 2.21 bits per heavy atom. The van der Waals surface area contributed by atoms with Crippen molar-refractivity contribution in [2.45, 2.75) is 44.4 Å². The van der Waals surface area contributed by atoms with E-state index in [1.54, 1.807) is 0 Å². The van der Waals surface area contributed by atoms with E-state index in [-0.39, 0.29) is 5.92 Å². The molecule has 0 aromatic rings. The average molecular weight is 208 g/mol. The molecular formula is C10H15F3O. The molecule has 0 aromatic heterocycles. The number of aliphatic hydroxyl groups is 1. The van der Waals surface area contributed by atoms with Gasteiger partial charge in [0.1, 0.15) is 0 Å². The van der Waals surface area contributed by atoms with Gasteiger partial charge >= 0.3 is 6.18 Å². The molecule has 1 atom stereocenters. The van der Waals surface area contributed by atoms with Gasteiger partial charge < -0.3 is 5.11 Å². The Kier molecular flexibility index (Phi) is 3.98. The minimum absolute atomic E-state index is 0.223. The summed E-state index contributed by atoms with van der Waals surface area (Å²) < 4.78 is 35.7. The molecular weight excluding hydrogens is 193 g/mol. The highest BCUT2D eigenvalue weighted by atomic mass is 19.4. The van der Waals surface area contributed by atoms with E-state index in [2.05, 4.69) is 0 Å². The minimum atomic E-state index is -4.52. The second-order valence-electron chi connectivity index (χ2n) is 3.77. The van der Waals surface area contributed by atoms with Gasteiger partial charge in [-0.05, 0) is 18.8 Å². The van der Waals surface area contributed by atoms with Gasteiger partial charge in [-0.2, -0.15) is 13.2 Å². The third kappa shape index (κ3) is 3.70. The van der Waals surface area contributed by atoms with Crippen LogP contribution in [0.15, 0.2) is 12.2 Å². The van der Waals surface area contributed by atoms with Crippen molar-refractivity contribution >= 4 is 0 Å². The Morgan fingerprint density at radius 2 is 1.71 bits per heavy atom. The highest BCUT2D eigenvalue weighted by Gasteiger charge is 2.36. The smallest absolute Gasteiger partial charge is 0.380 e. The molecule has 0 aliphatic heterocycles. The average Bonchev–Trinajstić information content (AvgIpc) is 2.14. The fraction of sp³-hybridized carbons (Fsp3) is 0.800. The second kappa shape index (κ2) is 4.82. The zero-order valence-corrected chi connectivity index (χ0v) is 7.93. The molecule has 1 unspecified atom stereocenters. The molecule has 0 spiro atoms. The topological polar surface area (TPSA) is 20.2 Å². The predicted molar refractivity (Wildman–Crippen MR) is 47.8 cm³/mol. The van der Waals surface area contributed by atoms with Crippen molar-refractivity contribution < 1.29 is 18.3 Å². The first-order chi connectivity index (χ1) is 6.50. The summed E-state index contributed by atoms with van der Waals surface area (Å²) in [5, 5.41) is 8.70. The van der Waals surface area contributed by atoms with Crippen molar-refractivity contribution in [1.29, 1.82) is 0 Å². The number of allylic oxidation sites excluding steroid dienone is 1. The molecule has 0 bridgehead atoms. The van der Waals surface area contributed by atoms with Crippen LogP contribution in [0, 0.1) is 5.92 Å². The summed E-state index contributed by atoms with van der Waals surface area (Å²) in [6.45, 7) is 0. The number of aliphatic hydroxyl groups excluding tert-OH is 1. The van der Waals surface area contributed by atoms with Crippen LogP contribution in [0.5, 0.6) is 0 Å². The van der Waals surface area contributed by atoms with Crippen LogP contribution < -0.4 is 0 Å². The fourth-order valence-corrected chi connectivity index (χ4v) is 1.70. The van der Waals surface area contributed by atoms with E-state index in [9.17, 15) is 13.2 Å². The summed E-state index contributed by atoms with van der Waals surface area (Å²) in [5.74, 6) is 0.223.